The van der Waals surface area contributed by atoms with Crippen LogP contribution in [0.4, 0.5) is 0 Å². The SMILES string of the molecule is Cc1ccc(C)c(C(=O)O[C@@H](C(N)=O)c2ccccc2)c1. The highest BCUT2D eigenvalue weighted by Crippen LogP contribution is 2.20. The van der Waals surface area contributed by atoms with Crippen molar-refractivity contribution in [2.75, 3.05) is 0 Å². The average molecular weight is 283 g/mol. The van der Waals surface area contributed by atoms with Crippen LogP contribution in [0.1, 0.15) is 33.2 Å². The van der Waals surface area contributed by atoms with Gasteiger partial charge in [-0.15, -0.1) is 0 Å². The van der Waals surface area contributed by atoms with Crippen LogP contribution < -0.4 is 5.73 Å². The van der Waals surface area contributed by atoms with Crippen LogP contribution in [-0.2, 0) is 9.53 Å². The zero-order valence-corrected chi connectivity index (χ0v) is 12.0. The third kappa shape index (κ3) is 3.48. The summed E-state index contributed by atoms with van der Waals surface area (Å²) in [6.07, 6.45) is -1.08. The molecule has 0 heterocycles. The Balaban J connectivity index is 2.27. The first-order valence-corrected chi connectivity index (χ1v) is 6.61. The summed E-state index contributed by atoms with van der Waals surface area (Å²) in [5, 5.41) is 0. The Labute approximate surface area is 123 Å². The first kappa shape index (κ1) is 14.8. The number of ether oxygens (including phenoxy) is 1. The Kier molecular flexibility index (Phi) is 4.38. The highest BCUT2D eigenvalue weighted by atomic mass is 16.5. The fraction of sp³-hybridized carbons (Fsp3) is 0.176. The van der Waals surface area contributed by atoms with E-state index in [9.17, 15) is 9.59 Å². The fourth-order valence-electron chi connectivity index (χ4n) is 2.04. The molecule has 0 spiro atoms. The molecule has 2 aromatic rings. The van der Waals surface area contributed by atoms with Crippen molar-refractivity contribution in [3.05, 3.63) is 70.8 Å². The van der Waals surface area contributed by atoms with Crippen molar-refractivity contribution in [2.24, 2.45) is 5.73 Å². The first-order valence-electron chi connectivity index (χ1n) is 6.61. The Morgan fingerprint density at radius 3 is 2.33 bits per heavy atom. The minimum Gasteiger partial charge on any atom is -0.444 e. The van der Waals surface area contributed by atoms with Crippen LogP contribution in [-0.4, -0.2) is 11.9 Å². The molecule has 1 amide bonds. The molecule has 0 aromatic heterocycles. The van der Waals surface area contributed by atoms with Crippen molar-refractivity contribution in [2.45, 2.75) is 20.0 Å². The lowest BCUT2D eigenvalue weighted by atomic mass is 10.1. The minimum atomic E-state index is -1.08. The molecule has 108 valence electrons. The Morgan fingerprint density at radius 1 is 1.05 bits per heavy atom. The van der Waals surface area contributed by atoms with E-state index in [-0.39, 0.29) is 0 Å². The van der Waals surface area contributed by atoms with E-state index in [2.05, 4.69) is 0 Å². The van der Waals surface area contributed by atoms with Gasteiger partial charge in [0.1, 0.15) is 0 Å². The number of hydrogen-bond donors (Lipinski definition) is 1. The summed E-state index contributed by atoms with van der Waals surface area (Å²) < 4.78 is 5.31. The van der Waals surface area contributed by atoms with Gasteiger partial charge in [0, 0.05) is 5.56 Å². The highest BCUT2D eigenvalue weighted by Gasteiger charge is 2.23. The van der Waals surface area contributed by atoms with Gasteiger partial charge in [-0.25, -0.2) is 4.79 Å². The zero-order valence-electron chi connectivity index (χ0n) is 12.0. The summed E-state index contributed by atoms with van der Waals surface area (Å²) in [6, 6.07) is 14.2. The second-order valence-corrected chi connectivity index (χ2v) is 4.92. The molecule has 0 saturated carbocycles. The van der Waals surface area contributed by atoms with Gasteiger partial charge in [-0.1, -0.05) is 48.0 Å². The first-order chi connectivity index (χ1) is 9.99. The number of carbonyl (C=O) groups excluding carboxylic acids is 2. The molecule has 4 nitrogen and oxygen atoms in total. The van der Waals surface area contributed by atoms with E-state index in [0.717, 1.165) is 11.1 Å². The molecule has 4 heteroatoms. The molecule has 2 N–H and O–H groups in total. The van der Waals surface area contributed by atoms with Gasteiger partial charge in [0.25, 0.3) is 5.91 Å². The maximum atomic E-state index is 12.3. The van der Waals surface area contributed by atoms with Crippen LogP contribution in [0.2, 0.25) is 0 Å². The summed E-state index contributed by atoms with van der Waals surface area (Å²) in [5.41, 5.74) is 8.09. The molecule has 21 heavy (non-hydrogen) atoms. The van der Waals surface area contributed by atoms with Gasteiger partial charge in [-0.05, 0) is 25.5 Å². The van der Waals surface area contributed by atoms with Gasteiger partial charge < -0.3 is 10.5 Å². The van der Waals surface area contributed by atoms with Gasteiger partial charge in [0.2, 0.25) is 6.10 Å². The maximum absolute atomic E-state index is 12.3. The molecule has 0 aliphatic heterocycles. The molecular formula is C17H17NO3. The van der Waals surface area contributed by atoms with Gasteiger partial charge in [-0.3, -0.25) is 4.79 Å². The summed E-state index contributed by atoms with van der Waals surface area (Å²) in [6.45, 7) is 3.71. The largest absolute Gasteiger partial charge is 0.444 e. The number of esters is 1. The van der Waals surface area contributed by atoms with Crippen molar-refractivity contribution in [3.8, 4) is 0 Å². The third-order valence-corrected chi connectivity index (χ3v) is 3.20. The quantitative estimate of drug-likeness (QED) is 0.877. The molecule has 0 bridgehead atoms. The molecule has 2 rings (SSSR count). The zero-order chi connectivity index (χ0) is 15.4. The number of nitrogens with two attached hydrogens (primary N) is 1. The monoisotopic (exact) mass is 283 g/mol. The number of aryl methyl sites for hydroxylation is 2. The minimum absolute atomic E-state index is 0.442. The van der Waals surface area contributed by atoms with Crippen LogP contribution in [0, 0.1) is 13.8 Å². The van der Waals surface area contributed by atoms with E-state index < -0.39 is 18.0 Å². The van der Waals surface area contributed by atoms with Crippen molar-refractivity contribution >= 4 is 11.9 Å². The number of benzene rings is 2. The van der Waals surface area contributed by atoms with E-state index in [1.165, 1.54) is 0 Å². The molecule has 0 radical (unpaired) electrons. The van der Waals surface area contributed by atoms with E-state index in [1.807, 2.05) is 32.0 Å². The Morgan fingerprint density at radius 2 is 1.71 bits per heavy atom. The van der Waals surface area contributed by atoms with E-state index in [1.54, 1.807) is 30.3 Å². The smallest absolute Gasteiger partial charge is 0.339 e. The summed E-state index contributed by atoms with van der Waals surface area (Å²) in [5.74, 6) is -1.25. The Bertz CT molecular complexity index is 665. The molecule has 0 aliphatic carbocycles. The molecule has 0 aliphatic rings. The van der Waals surface area contributed by atoms with Gasteiger partial charge in [0.05, 0.1) is 5.56 Å². The fourth-order valence-corrected chi connectivity index (χ4v) is 2.04. The van der Waals surface area contributed by atoms with E-state index in [4.69, 9.17) is 10.5 Å². The predicted molar refractivity (Wildman–Crippen MR) is 79.7 cm³/mol. The lowest BCUT2D eigenvalue weighted by Gasteiger charge is -2.16. The van der Waals surface area contributed by atoms with E-state index in [0.29, 0.717) is 11.1 Å². The third-order valence-electron chi connectivity index (χ3n) is 3.20. The summed E-state index contributed by atoms with van der Waals surface area (Å²) >= 11 is 0. The van der Waals surface area contributed by atoms with E-state index >= 15 is 0 Å². The summed E-state index contributed by atoms with van der Waals surface area (Å²) in [4.78, 5) is 23.8. The lowest BCUT2D eigenvalue weighted by Crippen LogP contribution is -2.26. The molecular weight excluding hydrogens is 266 g/mol. The van der Waals surface area contributed by atoms with Crippen LogP contribution in [0.25, 0.3) is 0 Å². The van der Waals surface area contributed by atoms with Crippen LogP contribution in [0.5, 0.6) is 0 Å². The summed E-state index contributed by atoms with van der Waals surface area (Å²) in [7, 11) is 0. The van der Waals surface area contributed by atoms with Crippen molar-refractivity contribution in [1.29, 1.82) is 0 Å². The Hall–Kier alpha value is -2.62. The molecule has 0 fully saturated rings. The van der Waals surface area contributed by atoms with Gasteiger partial charge in [0.15, 0.2) is 0 Å². The van der Waals surface area contributed by atoms with Crippen molar-refractivity contribution in [1.82, 2.24) is 0 Å². The predicted octanol–water partition coefficient (Wildman–Crippen LogP) is 2.69. The number of carbonyl (C=O) groups is 2. The topological polar surface area (TPSA) is 69.4 Å². The second-order valence-electron chi connectivity index (χ2n) is 4.92. The maximum Gasteiger partial charge on any atom is 0.339 e. The standard InChI is InChI=1S/C17H17NO3/c1-11-8-9-12(2)14(10-11)17(20)21-15(16(18)19)13-6-4-3-5-7-13/h3-10,15H,1-2H3,(H2,18,19)/t15-/m1/s1. The molecule has 2 aromatic carbocycles. The second kappa shape index (κ2) is 6.22. The number of amides is 1. The lowest BCUT2D eigenvalue weighted by molar-refractivity contribution is -0.127. The van der Waals surface area contributed by atoms with Crippen LogP contribution in [0.3, 0.4) is 0 Å². The molecule has 1 atom stereocenters. The normalized spacial score (nSPS) is 11.7. The average Bonchev–Trinajstić information content (AvgIpc) is 2.47. The highest BCUT2D eigenvalue weighted by molar-refractivity contribution is 5.93. The number of primary amides is 1. The number of rotatable bonds is 4. The van der Waals surface area contributed by atoms with Crippen molar-refractivity contribution in [3.63, 3.8) is 0 Å². The molecule has 0 unspecified atom stereocenters. The van der Waals surface area contributed by atoms with Crippen LogP contribution in [0.15, 0.2) is 48.5 Å². The number of hydrogen-bond acceptors (Lipinski definition) is 3. The van der Waals surface area contributed by atoms with Gasteiger partial charge in [-0.2, -0.15) is 0 Å². The van der Waals surface area contributed by atoms with Crippen molar-refractivity contribution < 1.29 is 14.3 Å². The molecule has 0 saturated heterocycles. The van der Waals surface area contributed by atoms with Gasteiger partial charge >= 0.3 is 5.97 Å². The van der Waals surface area contributed by atoms with Crippen LogP contribution >= 0.6 is 0 Å².